The molecule has 4 heteroatoms. The summed E-state index contributed by atoms with van der Waals surface area (Å²) in [5, 5.41) is 3.29. The number of ether oxygens (including phenoxy) is 1. The van der Waals surface area contributed by atoms with Crippen LogP contribution >= 0.6 is 0 Å². The number of methoxy groups -OCH3 is 1. The standard InChI is InChI=1S/C14H20N2O2/c1-3-8-15-13-7-9-16(14(13)17)11-5-4-6-12(10-11)18-2/h4-6,10,13,15H,3,7-9H2,1-2H3. The molecule has 18 heavy (non-hydrogen) atoms. The fourth-order valence-corrected chi connectivity index (χ4v) is 2.22. The Bertz CT molecular complexity index is 420. The zero-order chi connectivity index (χ0) is 13.0. The number of rotatable bonds is 5. The normalized spacial score (nSPS) is 19.3. The SMILES string of the molecule is CCCNC1CCN(c2cccc(OC)c2)C1=O. The van der Waals surface area contributed by atoms with Crippen molar-refractivity contribution < 1.29 is 9.53 Å². The summed E-state index contributed by atoms with van der Waals surface area (Å²) in [6, 6.07) is 7.62. The van der Waals surface area contributed by atoms with Gasteiger partial charge in [-0.1, -0.05) is 13.0 Å². The highest BCUT2D eigenvalue weighted by Gasteiger charge is 2.31. The van der Waals surface area contributed by atoms with E-state index in [9.17, 15) is 4.79 Å². The fourth-order valence-electron chi connectivity index (χ4n) is 2.22. The number of benzene rings is 1. The number of hydrogen-bond donors (Lipinski definition) is 1. The monoisotopic (exact) mass is 248 g/mol. The first kappa shape index (κ1) is 12.9. The molecule has 0 saturated carbocycles. The fraction of sp³-hybridized carbons (Fsp3) is 0.500. The van der Waals surface area contributed by atoms with E-state index in [-0.39, 0.29) is 11.9 Å². The van der Waals surface area contributed by atoms with Crippen molar-refractivity contribution in [3.05, 3.63) is 24.3 Å². The van der Waals surface area contributed by atoms with Crippen molar-refractivity contribution in [3.63, 3.8) is 0 Å². The lowest BCUT2D eigenvalue weighted by Gasteiger charge is -2.17. The molecule has 1 atom stereocenters. The number of carbonyl (C=O) groups excluding carboxylic acids is 1. The van der Waals surface area contributed by atoms with Gasteiger partial charge in [0.05, 0.1) is 13.2 Å². The molecule has 0 spiro atoms. The van der Waals surface area contributed by atoms with Gasteiger partial charge in [0.1, 0.15) is 5.75 Å². The average Bonchev–Trinajstić information content (AvgIpc) is 2.78. The molecule has 0 bridgehead atoms. The molecule has 1 unspecified atom stereocenters. The topological polar surface area (TPSA) is 41.6 Å². The van der Waals surface area contributed by atoms with Crippen molar-refractivity contribution in [3.8, 4) is 5.75 Å². The van der Waals surface area contributed by atoms with Crippen LogP contribution in [0.15, 0.2) is 24.3 Å². The molecule has 1 N–H and O–H groups in total. The highest BCUT2D eigenvalue weighted by atomic mass is 16.5. The van der Waals surface area contributed by atoms with Crippen LogP contribution in [0.2, 0.25) is 0 Å². The van der Waals surface area contributed by atoms with Crippen molar-refractivity contribution in [2.45, 2.75) is 25.8 Å². The van der Waals surface area contributed by atoms with Crippen molar-refractivity contribution in [1.82, 2.24) is 5.32 Å². The minimum absolute atomic E-state index is 0.0313. The van der Waals surface area contributed by atoms with E-state index in [1.54, 1.807) is 7.11 Å². The van der Waals surface area contributed by atoms with Gasteiger partial charge in [-0.15, -0.1) is 0 Å². The van der Waals surface area contributed by atoms with Gasteiger partial charge in [0.15, 0.2) is 0 Å². The van der Waals surface area contributed by atoms with Crippen molar-refractivity contribution in [1.29, 1.82) is 0 Å². The molecule has 2 rings (SSSR count). The third kappa shape index (κ3) is 2.64. The molecule has 1 saturated heterocycles. The van der Waals surface area contributed by atoms with Crippen molar-refractivity contribution in [2.75, 3.05) is 25.1 Å². The van der Waals surface area contributed by atoms with E-state index in [4.69, 9.17) is 4.74 Å². The van der Waals surface area contributed by atoms with E-state index in [1.165, 1.54) is 0 Å². The zero-order valence-electron chi connectivity index (χ0n) is 11.0. The predicted molar refractivity (Wildman–Crippen MR) is 72.0 cm³/mol. The second-order valence-corrected chi connectivity index (χ2v) is 4.49. The lowest BCUT2D eigenvalue weighted by atomic mass is 10.2. The first-order valence-corrected chi connectivity index (χ1v) is 6.45. The van der Waals surface area contributed by atoms with E-state index in [2.05, 4.69) is 12.2 Å². The molecule has 1 heterocycles. The Morgan fingerprint density at radius 1 is 1.50 bits per heavy atom. The zero-order valence-corrected chi connectivity index (χ0v) is 11.0. The third-order valence-electron chi connectivity index (χ3n) is 3.21. The van der Waals surface area contributed by atoms with E-state index >= 15 is 0 Å². The molecule has 1 aromatic rings. The number of carbonyl (C=O) groups is 1. The second kappa shape index (κ2) is 5.87. The number of nitrogens with zero attached hydrogens (tertiary/aromatic N) is 1. The van der Waals surface area contributed by atoms with Crippen molar-refractivity contribution >= 4 is 11.6 Å². The molecule has 4 nitrogen and oxygen atoms in total. The maximum atomic E-state index is 12.2. The summed E-state index contributed by atoms with van der Waals surface area (Å²) < 4.78 is 5.19. The molecule has 0 aliphatic carbocycles. The lowest BCUT2D eigenvalue weighted by molar-refractivity contribution is -0.118. The van der Waals surface area contributed by atoms with Gasteiger partial charge in [0.2, 0.25) is 5.91 Å². The second-order valence-electron chi connectivity index (χ2n) is 4.49. The minimum atomic E-state index is -0.0313. The van der Waals surface area contributed by atoms with E-state index in [0.717, 1.165) is 37.4 Å². The number of hydrogen-bond acceptors (Lipinski definition) is 3. The first-order valence-electron chi connectivity index (χ1n) is 6.45. The summed E-state index contributed by atoms with van der Waals surface area (Å²) in [4.78, 5) is 14.1. The van der Waals surface area contributed by atoms with Gasteiger partial charge >= 0.3 is 0 Å². The molecular formula is C14H20N2O2. The Morgan fingerprint density at radius 2 is 2.33 bits per heavy atom. The quantitative estimate of drug-likeness (QED) is 0.864. The molecular weight excluding hydrogens is 228 g/mol. The van der Waals surface area contributed by atoms with Gasteiger partial charge in [0.25, 0.3) is 0 Å². The Balaban J connectivity index is 2.08. The van der Waals surface area contributed by atoms with Crippen LogP contribution in [0.25, 0.3) is 0 Å². The maximum Gasteiger partial charge on any atom is 0.244 e. The van der Waals surface area contributed by atoms with Crippen LogP contribution in [-0.2, 0) is 4.79 Å². The first-order chi connectivity index (χ1) is 8.76. The predicted octanol–water partition coefficient (Wildman–Crippen LogP) is 1.80. The van der Waals surface area contributed by atoms with Gasteiger partial charge < -0.3 is 15.0 Å². The minimum Gasteiger partial charge on any atom is -0.497 e. The molecule has 1 aliphatic heterocycles. The van der Waals surface area contributed by atoms with Gasteiger partial charge in [-0.25, -0.2) is 0 Å². The Morgan fingerprint density at radius 3 is 3.06 bits per heavy atom. The molecule has 98 valence electrons. The van der Waals surface area contributed by atoms with Crippen LogP contribution in [0.4, 0.5) is 5.69 Å². The largest absolute Gasteiger partial charge is 0.497 e. The van der Waals surface area contributed by atoms with E-state index in [0.29, 0.717) is 0 Å². The van der Waals surface area contributed by atoms with Crippen LogP contribution in [0.5, 0.6) is 5.75 Å². The molecule has 1 amide bonds. The highest BCUT2D eigenvalue weighted by molar-refractivity contribution is 5.99. The lowest BCUT2D eigenvalue weighted by Crippen LogP contribution is -2.38. The summed E-state index contributed by atoms with van der Waals surface area (Å²) in [5.74, 6) is 0.946. The van der Waals surface area contributed by atoms with E-state index < -0.39 is 0 Å². The Hall–Kier alpha value is -1.55. The van der Waals surface area contributed by atoms with Crippen molar-refractivity contribution in [2.24, 2.45) is 0 Å². The van der Waals surface area contributed by atoms with Gasteiger partial charge in [-0.2, -0.15) is 0 Å². The summed E-state index contributed by atoms with van der Waals surface area (Å²) in [7, 11) is 1.64. The summed E-state index contributed by atoms with van der Waals surface area (Å²) in [5.41, 5.74) is 0.917. The third-order valence-corrected chi connectivity index (χ3v) is 3.21. The average molecular weight is 248 g/mol. The Kier molecular flexibility index (Phi) is 4.20. The molecule has 1 aliphatic rings. The summed E-state index contributed by atoms with van der Waals surface area (Å²) in [6.07, 6.45) is 1.92. The number of amides is 1. The molecule has 0 radical (unpaired) electrons. The smallest absolute Gasteiger partial charge is 0.244 e. The van der Waals surface area contributed by atoms with Gasteiger partial charge in [-0.3, -0.25) is 4.79 Å². The molecule has 1 fully saturated rings. The van der Waals surface area contributed by atoms with Crippen LogP contribution in [0.3, 0.4) is 0 Å². The maximum absolute atomic E-state index is 12.2. The van der Waals surface area contributed by atoms with Crippen LogP contribution in [0, 0.1) is 0 Å². The van der Waals surface area contributed by atoms with Gasteiger partial charge in [-0.05, 0) is 31.5 Å². The van der Waals surface area contributed by atoms with Gasteiger partial charge in [0, 0.05) is 18.3 Å². The van der Waals surface area contributed by atoms with Crippen LogP contribution in [-0.4, -0.2) is 32.1 Å². The Labute approximate surface area is 108 Å². The van der Waals surface area contributed by atoms with Crippen LogP contribution in [0.1, 0.15) is 19.8 Å². The van der Waals surface area contributed by atoms with E-state index in [1.807, 2.05) is 29.2 Å². The summed E-state index contributed by atoms with van der Waals surface area (Å²) >= 11 is 0. The van der Waals surface area contributed by atoms with Crippen LogP contribution < -0.4 is 15.0 Å². The number of nitrogens with one attached hydrogen (secondary N) is 1. The number of anilines is 1. The highest BCUT2D eigenvalue weighted by Crippen LogP contribution is 2.25. The summed E-state index contributed by atoms with van der Waals surface area (Å²) in [6.45, 7) is 3.77. The molecule has 0 aromatic heterocycles. The molecule has 1 aromatic carbocycles.